The largest absolute Gasteiger partial charge is 0.497 e. The van der Waals surface area contributed by atoms with Crippen LogP contribution in [0.15, 0.2) is 59.7 Å². The summed E-state index contributed by atoms with van der Waals surface area (Å²) in [7, 11) is 3.21. The third-order valence-corrected chi connectivity index (χ3v) is 3.91. The van der Waals surface area contributed by atoms with Crippen LogP contribution >= 0.6 is 0 Å². The Labute approximate surface area is 152 Å². The fourth-order valence-electron chi connectivity index (χ4n) is 2.61. The summed E-state index contributed by atoms with van der Waals surface area (Å²) in [6.45, 7) is 1.46. The van der Waals surface area contributed by atoms with Crippen LogP contribution in [0.2, 0.25) is 0 Å². The number of hydrogen-bond acceptors (Lipinski definition) is 5. The maximum absolute atomic E-state index is 11.9. The Morgan fingerprint density at radius 3 is 2.54 bits per heavy atom. The maximum atomic E-state index is 11.9. The molecule has 0 N–H and O–H groups in total. The summed E-state index contributed by atoms with van der Waals surface area (Å²) in [4.78, 5) is 11.9. The molecule has 1 aliphatic rings. The lowest BCUT2D eigenvalue weighted by atomic mass is 10.1. The first-order valence-electron chi connectivity index (χ1n) is 8.12. The highest BCUT2D eigenvalue weighted by Gasteiger charge is 2.31. The van der Waals surface area contributed by atoms with Crippen molar-refractivity contribution in [3.8, 4) is 11.5 Å². The first-order valence-corrected chi connectivity index (χ1v) is 8.12. The molecule has 1 aliphatic heterocycles. The van der Waals surface area contributed by atoms with Crippen LogP contribution in [0.4, 0.5) is 0 Å². The fraction of sp³-hybridized carbons (Fsp3) is 0.200. The second-order valence-electron chi connectivity index (χ2n) is 5.62. The lowest BCUT2D eigenvalue weighted by Gasteiger charge is -2.18. The van der Waals surface area contributed by atoms with Gasteiger partial charge in [0.1, 0.15) is 11.5 Å². The van der Waals surface area contributed by atoms with E-state index in [1.54, 1.807) is 20.3 Å². The van der Waals surface area contributed by atoms with Crippen LogP contribution in [-0.4, -0.2) is 31.0 Å². The van der Waals surface area contributed by atoms with Crippen LogP contribution in [0.5, 0.6) is 11.5 Å². The molecule has 1 atom stereocenters. The number of methoxy groups -OCH3 is 2. The van der Waals surface area contributed by atoms with E-state index >= 15 is 0 Å². The van der Waals surface area contributed by atoms with Gasteiger partial charge in [-0.25, -0.2) is 0 Å². The number of rotatable bonds is 5. The molecule has 0 spiro atoms. The van der Waals surface area contributed by atoms with E-state index in [9.17, 15) is 4.79 Å². The molecule has 3 rings (SSSR count). The van der Waals surface area contributed by atoms with Gasteiger partial charge in [0, 0.05) is 24.1 Å². The molecule has 0 radical (unpaired) electrons. The van der Waals surface area contributed by atoms with Crippen LogP contribution in [0, 0.1) is 0 Å². The average Bonchev–Trinajstić information content (AvgIpc) is 3.11. The zero-order valence-electron chi connectivity index (χ0n) is 14.9. The Balaban J connectivity index is 1.85. The monoisotopic (exact) mass is 352 g/mol. The Hall–Kier alpha value is -3.28. The summed E-state index contributed by atoms with van der Waals surface area (Å²) in [5.74, 6) is 1.57. The highest BCUT2D eigenvalue weighted by molar-refractivity contribution is 5.94. The van der Waals surface area contributed by atoms with Gasteiger partial charge in [-0.1, -0.05) is 30.3 Å². The first kappa shape index (κ1) is 17.5. The molecule has 134 valence electrons. The van der Waals surface area contributed by atoms with Crippen LogP contribution in [-0.2, 0) is 9.53 Å². The van der Waals surface area contributed by atoms with E-state index in [0.717, 1.165) is 11.1 Å². The lowest BCUT2D eigenvalue weighted by Crippen LogP contribution is -2.25. The van der Waals surface area contributed by atoms with E-state index in [0.29, 0.717) is 17.4 Å². The van der Waals surface area contributed by atoms with Gasteiger partial charge in [-0.05, 0) is 24.3 Å². The zero-order valence-corrected chi connectivity index (χ0v) is 14.9. The molecule has 6 nitrogen and oxygen atoms in total. The van der Waals surface area contributed by atoms with Gasteiger partial charge in [0.2, 0.25) is 18.0 Å². The van der Waals surface area contributed by atoms with Crippen molar-refractivity contribution in [2.24, 2.45) is 5.10 Å². The van der Waals surface area contributed by atoms with Gasteiger partial charge < -0.3 is 14.2 Å². The summed E-state index contributed by atoms with van der Waals surface area (Å²) in [5.41, 5.74) is 1.67. The smallest absolute Gasteiger partial charge is 0.243 e. The third kappa shape index (κ3) is 3.69. The van der Waals surface area contributed by atoms with Crippen molar-refractivity contribution in [1.82, 2.24) is 5.01 Å². The van der Waals surface area contributed by atoms with Gasteiger partial charge in [0.05, 0.1) is 14.2 Å². The van der Waals surface area contributed by atoms with Gasteiger partial charge in [0.15, 0.2) is 0 Å². The van der Waals surface area contributed by atoms with Gasteiger partial charge in [-0.15, -0.1) is 5.10 Å². The average molecular weight is 352 g/mol. The van der Waals surface area contributed by atoms with Crippen molar-refractivity contribution in [1.29, 1.82) is 0 Å². The number of carbonyl (C=O) groups is 1. The molecule has 2 aromatic carbocycles. The molecule has 1 amide bonds. The SMILES string of the molecule is COc1ccc(OC)c(/C=C/C2=NN(C(C)=O)C(c3ccccc3)O2)c1. The second-order valence-corrected chi connectivity index (χ2v) is 5.62. The Kier molecular flexibility index (Phi) is 5.22. The Morgan fingerprint density at radius 2 is 1.88 bits per heavy atom. The van der Waals surface area contributed by atoms with Gasteiger partial charge in [-0.2, -0.15) is 5.01 Å². The highest BCUT2D eigenvalue weighted by Crippen LogP contribution is 2.29. The normalized spacial score (nSPS) is 16.3. The highest BCUT2D eigenvalue weighted by atomic mass is 16.5. The molecule has 1 unspecified atom stereocenters. The molecule has 0 aliphatic carbocycles. The lowest BCUT2D eigenvalue weighted by molar-refractivity contribution is -0.135. The molecule has 1 heterocycles. The summed E-state index contributed by atoms with van der Waals surface area (Å²) in [5, 5.41) is 5.61. The van der Waals surface area contributed by atoms with Crippen molar-refractivity contribution in [3.63, 3.8) is 0 Å². The van der Waals surface area contributed by atoms with E-state index in [2.05, 4.69) is 5.10 Å². The number of carbonyl (C=O) groups excluding carboxylic acids is 1. The number of hydrogen-bond donors (Lipinski definition) is 0. The molecule has 0 fully saturated rings. The van der Waals surface area contributed by atoms with E-state index in [-0.39, 0.29) is 5.91 Å². The van der Waals surface area contributed by atoms with Crippen molar-refractivity contribution >= 4 is 17.9 Å². The third-order valence-electron chi connectivity index (χ3n) is 3.91. The molecule has 0 saturated heterocycles. The van der Waals surface area contributed by atoms with Gasteiger partial charge in [-0.3, -0.25) is 4.79 Å². The predicted octanol–water partition coefficient (Wildman–Crippen LogP) is 3.61. The summed E-state index contributed by atoms with van der Waals surface area (Å²) in [6, 6.07) is 15.0. The number of hydrazone groups is 1. The molecular weight excluding hydrogens is 332 g/mol. The van der Waals surface area contributed by atoms with E-state index in [1.165, 1.54) is 11.9 Å². The minimum Gasteiger partial charge on any atom is -0.497 e. The van der Waals surface area contributed by atoms with Gasteiger partial charge in [0.25, 0.3) is 0 Å². The van der Waals surface area contributed by atoms with Gasteiger partial charge >= 0.3 is 0 Å². The summed E-state index contributed by atoms with van der Waals surface area (Å²) >= 11 is 0. The van der Waals surface area contributed by atoms with Crippen molar-refractivity contribution in [3.05, 3.63) is 65.7 Å². The van der Waals surface area contributed by atoms with Crippen molar-refractivity contribution < 1.29 is 19.0 Å². The quantitative estimate of drug-likeness (QED) is 0.825. The van der Waals surface area contributed by atoms with Crippen molar-refractivity contribution in [2.45, 2.75) is 13.2 Å². The number of benzene rings is 2. The Bertz CT molecular complexity index is 846. The standard InChI is InChI=1S/C20H20N2O4/c1-14(23)22-20(15-7-5-4-6-8-15)26-19(21-22)12-9-16-13-17(24-2)10-11-18(16)25-3/h4-13,20H,1-3H3/b12-9+. The molecule has 6 heteroatoms. The van der Waals surface area contributed by atoms with E-state index < -0.39 is 6.23 Å². The van der Waals surface area contributed by atoms with Crippen molar-refractivity contribution in [2.75, 3.05) is 14.2 Å². The minimum atomic E-state index is -0.569. The van der Waals surface area contributed by atoms with Crippen LogP contribution in [0.25, 0.3) is 6.08 Å². The van der Waals surface area contributed by atoms with Crippen LogP contribution < -0.4 is 9.47 Å². The number of amides is 1. The minimum absolute atomic E-state index is 0.193. The first-order chi connectivity index (χ1) is 12.6. The molecular formula is C20H20N2O4. The summed E-state index contributed by atoms with van der Waals surface area (Å²) in [6.07, 6.45) is 2.95. The van der Waals surface area contributed by atoms with Crippen LogP contribution in [0.1, 0.15) is 24.3 Å². The zero-order chi connectivity index (χ0) is 18.5. The van der Waals surface area contributed by atoms with E-state index in [1.807, 2.05) is 54.6 Å². The molecule has 0 bridgehead atoms. The van der Waals surface area contributed by atoms with E-state index in [4.69, 9.17) is 14.2 Å². The fourth-order valence-corrected chi connectivity index (χ4v) is 2.61. The number of ether oxygens (including phenoxy) is 3. The molecule has 2 aromatic rings. The Morgan fingerprint density at radius 1 is 1.12 bits per heavy atom. The second kappa shape index (κ2) is 7.74. The molecule has 0 aromatic heterocycles. The number of nitrogens with zero attached hydrogens (tertiary/aromatic N) is 2. The molecule has 0 saturated carbocycles. The topological polar surface area (TPSA) is 60.4 Å². The molecule has 26 heavy (non-hydrogen) atoms. The maximum Gasteiger partial charge on any atom is 0.243 e. The van der Waals surface area contributed by atoms with Crippen LogP contribution in [0.3, 0.4) is 0 Å². The summed E-state index contributed by atoms with van der Waals surface area (Å²) < 4.78 is 16.5. The predicted molar refractivity (Wildman–Crippen MR) is 98.8 cm³/mol.